The molecule has 5 N–H and O–H groups in total. The average Bonchev–Trinajstić information content (AvgIpc) is 2.28. The van der Waals surface area contributed by atoms with Crippen molar-refractivity contribution in [3.63, 3.8) is 0 Å². The molecule has 0 aliphatic heterocycles. The highest BCUT2D eigenvalue weighted by Gasteiger charge is 2.11. The molecule has 1 aromatic rings. The Bertz CT molecular complexity index is 342. The summed E-state index contributed by atoms with van der Waals surface area (Å²) in [6.45, 7) is 3.10. The van der Waals surface area contributed by atoms with Crippen LogP contribution in [-0.2, 0) is 9.47 Å². The number of anilines is 3. The van der Waals surface area contributed by atoms with Crippen LogP contribution in [0.3, 0.4) is 0 Å². The number of nitrogen functional groups attached to an aromatic ring is 2. The monoisotopic (exact) mass is 256 g/mol. The zero-order valence-electron chi connectivity index (χ0n) is 10.7. The molecule has 0 aliphatic rings. The van der Waals surface area contributed by atoms with Crippen molar-refractivity contribution < 1.29 is 9.47 Å². The van der Waals surface area contributed by atoms with Crippen molar-refractivity contribution in [1.82, 2.24) is 15.0 Å². The third-order valence-corrected chi connectivity index (χ3v) is 2.10. The van der Waals surface area contributed by atoms with E-state index in [1.165, 1.54) is 0 Å². The molecule has 1 aromatic heterocycles. The van der Waals surface area contributed by atoms with Gasteiger partial charge in [-0.05, 0) is 6.42 Å². The second-order valence-corrected chi connectivity index (χ2v) is 3.69. The van der Waals surface area contributed by atoms with Crippen LogP contribution < -0.4 is 16.8 Å². The largest absolute Gasteiger partial charge is 0.380 e. The van der Waals surface area contributed by atoms with Crippen molar-refractivity contribution in [2.45, 2.75) is 26.0 Å². The summed E-state index contributed by atoms with van der Waals surface area (Å²) in [5.74, 6) is 0.406. The Morgan fingerprint density at radius 2 is 1.89 bits per heavy atom. The molecule has 1 rings (SSSR count). The van der Waals surface area contributed by atoms with Gasteiger partial charge >= 0.3 is 0 Å². The molecule has 0 saturated carbocycles. The van der Waals surface area contributed by atoms with Crippen LogP contribution in [0.2, 0.25) is 0 Å². The number of aromatic nitrogens is 3. The normalized spacial score (nSPS) is 12.3. The molecule has 18 heavy (non-hydrogen) atoms. The van der Waals surface area contributed by atoms with Crippen molar-refractivity contribution in [3.8, 4) is 0 Å². The Labute approximate surface area is 106 Å². The summed E-state index contributed by atoms with van der Waals surface area (Å²) in [6.07, 6.45) is 1.69. The molecule has 0 radical (unpaired) electrons. The molecule has 8 nitrogen and oxygen atoms in total. The van der Waals surface area contributed by atoms with E-state index in [1.807, 2.05) is 0 Å². The Morgan fingerprint density at radius 3 is 2.44 bits per heavy atom. The number of nitrogens with two attached hydrogens (primary N) is 2. The fraction of sp³-hybridized carbons (Fsp3) is 0.700. The lowest BCUT2D eigenvalue weighted by Crippen LogP contribution is -2.30. The van der Waals surface area contributed by atoms with Crippen LogP contribution in [0.25, 0.3) is 0 Å². The van der Waals surface area contributed by atoms with E-state index in [4.69, 9.17) is 20.9 Å². The standard InChI is InChI=1S/C10H20N6O2/c1-3-4-5-18-7(6-17-2)13-10-15-8(11)14-9(12)16-10/h7H,3-6H2,1-2H3,(H5,11,12,13,14,15,16). The quantitative estimate of drug-likeness (QED) is 0.446. The van der Waals surface area contributed by atoms with Gasteiger partial charge in [0, 0.05) is 13.7 Å². The molecule has 1 atom stereocenters. The summed E-state index contributed by atoms with van der Waals surface area (Å²) in [4.78, 5) is 11.5. The van der Waals surface area contributed by atoms with Crippen LogP contribution in [-0.4, -0.2) is 41.5 Å². The van der Waals surface area contributed by atoms with Gasteiger partial charge in [-0.25, -0.2) is 0 Å². The van der Waals surface area contributed by atoms with E-state index < -0.39 is 0 Å². The first-order valence-electron chi connectivity index (χ1n) is 5.79. The summed E-state index contributed by atoms with van der Waals surface area (Å²) >= 11 is 0. The van der Waals surface area contributed by atoms with E-state index in [0.717, 1.165) is 12.8 Å². The van der Waals surface area contributed by atoms with Gasteiger partial charge in [0.05, 0.1) is 6.61 Å². The molecule has 0 fully saturated rings. The maximum absolute atomic E-state index is 5.59. The molecule has 0 saturated heterocycles. The number of nitrogens with one attached hydrogen (secondary N) is 1. The summed E-state index contributed by atoms with van der Waals surface area (Å²) < 4.78 is 10.6. The van der Waals surface area contributed by atoms with E-state index in [9.17, 15) is 0 Å². The Balaban J connectivity index is 2.58. The zero-order chi connectivity index (χ0) is 13.4. The molecule has 0 aromatic carbocycles. The summed E-state index contributed by atoms with van der Waals surface area (Å²) in [7, 11) is 1.59. The Morgan fingerprint density at radius 1 is 1.22 bits per heavy atom. The van der Waals surface area contributed by atoms with Crippen LogP contribution in [0.1, 0.15) is 19.8 Å². The first-order valence-corrected chi connectivity index (χ1v) is 5.79. The third kappa shape index (κ3) is 5.11. The van der Waals surface area contributed by atoms with E-state index in [0.29, 0.717) is 13.2 Å². The van der Waals surface area contributed by atoms with Gasteiger partial charge in [-0.15, -0.1) is 0 Å². The number of nitrogens with zero attached hydrogens (tertiary/aromatic N) is 3. The first kappa shape index (κ1) is 14.4. The zero-order valence-corrected chi connectivity index (χ0v) is 10.7. The highest BCUT2D eigenvalue weighted by molar-refractivity contribution is 5.37. The number of ether oxygens (including phenoxy) is 2. The predicted molar refractivity (Wildman–Crippen MR) is 68.8 cm³/mol. The van der Waals surface area contributed by atoms with Gasteiger partial charge in [0.1, 0.15) is 0 Å². The SMILES string of the molecule is CCCCOC(COC)Nc1nc(N)nc(N)n1. The lowest BCUT2D eigenvalue weighted by molar-refractivity contribution is 0.0130. The van der Waals surface area contributed by atoms with Crippen LogP contribution in [0.4, 0.5) is 17.8 Å². The van der Waals surface area contributed by atoms with Gasteiger partial charge in [-0.2, -0.15) is 15.0 Å². The number of unbranched alkanes of at least 4 members (excludes halogenated alkanes) is 1. The molecule has 8 heteroatoms. The molecule has 102 valence electrons. The lowest BCUT2D eigenvalue weighted by atomic mass is 10.4. The van der Waals surface area contributed by atoms with Gasteiger partial charge in [-0.3, -0.25) is 0 Å². The minimum absolute atomic E-state index is 0.0646. The van der Waals surface area contributed by atoms with Crippen LogP contribution in [0.15, 0.2) is 0 Å². The second-order valence-electron chi connectivity index (χ2n) is 3.69. The fourth-order valence-electron chi connectivity index (χ4n) is 1.27. The Hall–Kier alpha value is -1.67. The molecule has 1 heterocycles. The van der Waals surface area contributed by atoms with Gasteiger partial charge in [0.25, 0.3) is 0 Å². The van der Waals surface area contributed by atoms with Crippen molar-refractivity contribution in [1.29, 1.82) is 0 Å². The number of rotatable bonds is 8. The summed E-state index contributed by atoms with van der Waals surface area (Å²) in [6, 6.07) is 0. The number of methoxy groups -OCH3 is 1. The average molecular weight is 256 g/mol. The van der Waals surface area contributed by atoms with E-state index >= 15 is 0 Å². The van der Waals surface area contributed by atoms with Gasteiger partial charge < -0.3 is 26.3 Å². The van der Waals surface area contributed by atoms with Gasteiger partial charge in [-0.1, -0.05) is 13.3 Å². The van der Waals surface area contributed by atoms with Crippen LogP contribution in [0.5, 0.6) is 0 Å². The van der Waals surface area contributed by atoms with Crippen LogP contribution in [0, 0.1) is 0 Å². The van der Waals surface area contributed by atoms with E-state index in [-0.39, 0.29) is 24.1 Å². The maximum Gasteiger partial charge on any atom is 0.231 e. The fourth-order valence-corrected chi connectivity index (χ4v) is 1.27. The highest BCUT2D eigenvalue weighted by atomic mass is 16.5. The number of hydrogen-bond donors (Lipinski definition) is 3. The van der Waals surface area contributed by atoms with Crippen LogP contribution >= 0.6 is 0 Å². The van der Waals surface area contributed by atoms with E-state index in [1.54, 1.807) is 7.11 Å². The summed E-state index contributed by atoms with van der Waals surface area (Å²) in [5.41, 5.74) is 11.0. The predicted octanol–water partition coefficient (Wildman–Crippen LogP) is 0.237. The molecule has 0 amide bonds. The lowest BCUT2D eigenvalue weighted by Gasteiger charge is -2.18. The van der Waals surface area contributed by atoms with Gasteiger partial charge in [0.15, 0.2) is 6.23 Å². The smallest absolute Gasteiger partial charge is 0.231 e. The molecule has 0 aliphatic carbocycles. The van der Waals surface area contributed by atoms with Crippen molar-refractivity contribution >= 4 is 17.8 Å². The highest BCUT2D eigenvalue weighted by Crippen LogP contribution is 2.06. The number of hydrogen-bond acceptors (Lipinski definition) is 8. The van der Waals surface area contributed by atoms with Gasteiger partial charge in [0.2, 0.25) is 17.8 Å². The summed E-state index contributed by atoms with van der Waals surface area (Å²) in [5, 5.41) is 2.95. The Kier molecular flexibility index (Phi) is 6.09. The minimum atomic E-state index is -0.345. The first-order chi connectivity index (χ1) is 8.65. The third-order valence-electron chi connectivity index (χ3n) is 2.10. The minimum Gasteiger partial charge on any atom is -0.380 e. The maximum atomic E-state index is 5.59. The second kappa shape index (κ2) is 7.62. The van der Waals surface area contributed by atoms with Crippen molar-refractivity contribution in [2.24, 2.45) is 0 Å². The molecular weight excluding hydrogens is 236 g/mol. The molecular formula is C10H20N6O2. The topological polar surface area (TPSA) is 121 Å². The van der Waals surface area contributed by atoms with Crippen molar-refractivity contribution in [2.75, 3.05) is 37.1 Å². The molecule has 0 spiro atoms. The van der Waals surface area contributed by atoms with Crippen molar-refractivity contribution in [3.05, 3.63) is 0 Å². The molecule has 0 bridgehead atoms. The van der Waals surface area contributed by atoms with E-state index in [2.05, 4.69) is 27.2 Å². The molecule has 1 unspecified atom stereocenters.